The van der Waals surface area contributed by atoms with Crippen LogP contribution in [0.4, 0.5) is 0 Å². The maximum absolute atomic E-state index is 4.16. The smallest absolute Gasteiger partial charge is 0.127 e. The number of unbranched alkanes of at least 4 members (excludes halogenated alkanes) is 6. The van der Waals surface area contributed by atoms with E-state index in [2.05, 4.69) is 178 Å². The lowest BCUT2D eigenvalue weighted by Crippen LogP contribution is -2.43. The molecule has 0 saturated heterocycles. The van der Waals surface area contributed by atoms with Gasteiger partial charge in [0.05, 0.1) is 0 Å². The minimum Gasteiger partial charge on any atom is -0.127 e. The summed E-state index contributed by atoms with van der Waals surface area (Å²) in [5.41, 5.74) is 22.8. The molecular formula is C47H77BrSi3. The van der Waals surface area contributed by atoms with E-state index in [-0.39, 0.29) is 0 Å². The fourth-order valence-electron chi connectivity index (χ4n) is 8.87. The summed E-state index contributed by atoms with van der Waals surface area (Å²) in [6, 6.07) is 0. The van der Waals surface area contributed by atoms with E-state index in [1.54, 1.807) is 0 Å². The first-order valence-corrected chi connectivity index (χ1v) is 29.5. The number of halogens is 1. The number of rotatable bonds is 16. The normalized spacial score (nSPS) is 12.2. The fraction of sp³-hybridized carbons (Fsp3) is 0.702. The molecule has 0 bridgehead atoms. The largest absolute Gasteiger partial charge is 0.146 e. The summed E-state index contributed by atoms with van der Waals surface area (Å²) >= 11 is 3.58. The molecule has 0 aliphatic rings. The summed E-state index contributed by atoms with van der Waals surface area (Å²) in [5, 5.41) is 0. The zero-order valence-corrected chi connectivity index (χ0v) is 41.0. The molecule has 0 heterocycles. The van der Waals surface area contributed by atoms with E-state index >= 15 is 0 Å². The van der Waals surface area contributed by atoms with Crippen molar-refractivity contribution in [2.45, 2.75) is 214 Å². The molecule has 0 unspecified atom stereocenters. The van der Waals surface area contributed by atoms with Gasteiger partial charge in [0, 0.05) is 38.2 Å². The van der Waals surface area contributed by atoms with Crippen LogP contribution in [0, 0.1) is 45.1 Å². The molecule has 284 valence electrons. The maximum Gasteiger partial charge on any atom is 0.146 e. The Morgan fingerprint density at radius 3 is 0.980 bits per heavy atom. The molecule has 0 radical (unpaired) electrons. The van der Waals surface area contributed by atoms with Gasteiger partial charge in [0.1, 0.15) is 24.2 Å². The summed E-state index contributed by atoms with van der Waals surface area (Å²) in [6.45, 7) is 40.8. The van der Waals surface area contributed by atoms with Gasteiger partial charge in [-0.3, -0.25) is 0 Å². The Kier molecular flexibility index (Phi) is 20.6. The van der Waals surface area contributed by atoms with Crippen LogP contribution in [0.2, 0.25) is 52.9 Å². The Balaban J connectivity index is 4.84. The quantitative estimate of drug-likeness (QED) is 0.0887. The first-order valence-electron chi connectivity index (χ1n) is 20.7. The Morgan fingerprint density at radius 1 is 0.431 bits per heavy atom. The van der Waals surface area contributed by atoms with Gasteiger partial charge in [-0.15, -0.1) is 16.6 Å². The highest BCUT2D eigenvalue weighted by atomic mass is 79.9. The van der Waals surface area contributed by atoms with Crippen LogP contribution < -0.4 is 0 Å². The van der Waals surface area contributed by atoms with Crippen LogP contribution in [-0.4, -0.2) is 24.2 Å². The Hall–Kier alpha value is -1.41. The van der Waals surface area contributed by atoms with Crippen molar-refractivity contribution in [1.82, 2.24) is 0 Å². The Morgan fingerprint density at radius 2 is 0.725 bits per heavy atom. The molecule has 0 aromatic heterocycles. The topological polar surface area (TPSA) is 0 Å². The second-order valence-corrected chi connectivity index (χ2v) is 34.4. The fourth-order valence-corrected chi connectivity index (χ4v) is 20.0. The van der Waals surface area contributed by atoms with Crippen molar-refractivity contribution in [3.63, 3.8) is 0 Å². The second kappa shape index (κ2) is 22.1. The van der Waals surface area contributed by atoms with Crippen molar-refractivity contribution >= 4 is 40.2 Å². The van der Waals surface area contributed by atoms with Crippen molar-refractivity contribution in [2.75, 3.05) is 0 Å². The molecular weight excluding hydrogens is 729 g/mol. The molecule has 4 heteroatoms. The Labute approximate surface area is 330 Å². The van der Waals surface area contributed by atoms with E-state index in [0.717, 1.165) is 36.8 Å². The van der Waals surface area contributed by atoms with Gasteiger partial charge in [0.25, 0.3) is 0 Å². The van der Waals surface area contributed by atoms with Crippen molar-refractivity contribution < 1.29 is 0 Å². The van der Waals surface area contributed by atoms with Crippen LogP contribution in [0.5, 0.6) is 0 Å². The van der Waals surface area contributed by atoms with E-state index in [4.69, 9.17) is 0 Å². The van der Waals surface area contributed by atoms with Crippen LogP contribution in [0.3, 0.4) is 0 Å². The van der Waals surface area contributed by atoms with Crippen LogP contribution in [0.1, 0.15) is 182 Å². The predicted octanol–water partition coefficient (Wildman–Crippen LogP) is 15.0. The lowest BCUT2D eigenvalue weighted by molar-refractivity contribution is 0.661. The van der Waals surface area contributed by atoms with Gasteiger partial charge in [-0.05, 0) is 74.9 Å². The number of hydrogen-bond donors (Lipinski definition) is 0. The highest BCUT2D eigenvalue weighted by molar-refractivity contribution is 9.12. The third kappa shape index (κ3) is 12.6. The monoisotopic (exact) mass is 804 g/mol. The van der Waals surface area contributed by atoms with Crippen LogP contribution in [0.15, 0.2) is 0 Å². The van der Waals surface area contributed by atoms with Crippen molar-refractivity contribution in [3.05, 3.63) is 33.4 Å². The van der Waals surface area contributed by atoms with E-state index in [1.165, 1.54) is 60.8 Å². The van der Waals surface area contributed by atoms with Gasteiger partial charge >= 0.3 is 0 Å². The standard InChI is InChI=1S/C47H77BrSi3/c1-18-20-22-24-26-42-44(28-32-48)46(30-34-50(36(3)4,37(5)6)38(7)8)43(27-25-23-21-19-2)45(29-33-49(15,16)17)47(42)31-35-51(39(9)10,40(11)12)41(13)14/h36-41H,18-27H2,1-17H3. The lowest BCUT2D eigenvalue weighted by atomic mass is 9.83. The van der Waals surface area contributed by atoms with Gasteiger partial charge in [-0.1, -0.05) is 179 Å². The maximum atomic E-state index is 4.16. The van der Waals surface area contributed by atoms with Gasteiger partial charge in [0.15, 0.2) is 0 Å². The van der Waals surface area contributed by atoms with Gasteiger partial charge in [-0.2, -0.15) is 0 Å². The molecule has 0 aliphatic carbocycles. The molecule has 0 N–H and O–H groups in total. The molecule has 0 atom stereocenters. The predicted molar refractivity (Wildman–Crippen MR) is 244 cm³/mol. The van der Waals surface area contributed by atoms with Crippen molar-refractivity contribution in [1.29, 1.82) is 0 Å². The summed E-state index contributed by atoms with van der Waals surface area (Å²) in [4.78, 5) is 3.20. The molecule has 1 aromatic rings. The summed E-state index contributed by atoms with van der Waals surface area (Å²) in [7, 11) is -5.72. The third-order valence-electron chi connectivity index (χ3n) is 11.5. The zero-order valence-electron chi connectivity index (χ0n) is 36.4. The minimum absolute atomic E-state index is 0.565. The van der Waals surface area contributed by atoms with Crippen molar-refractivity contribution in [3.8, 4) is 45.1 Å². The first kappa shape index (κ1) is 47.6. The molecule has 1 aromatic carbocycles. The molecule has 0 spiro atoms. The van der Waals surface area contributed by atoms with Crippen LogP contribution in [-0.2, 0) is 12.8 Å². The zero-order chi connectivity index (χ0) is 39.2. The van der Waals surface area contributed by atoms with Gasteiger partial charge in [-0.25, -0.2) is 0 Å². The second-order valence-electron chi connectivity index (χ2n) is 18.1. The molecule has 1 rings (SSSR count). The Bertz CT molecular complexity index is 1460. The SMILES string of the molecule is CCCCCCc1c(C#CBr)c(C#C[Si](C(C)C)(C(C)C)C(C)C)c(CCCCCC)c(C#C[Si](C)(C)C)c1C#C[Si](C(C)C)(C(C)C)C(C)C. The molecule has 51 heavy (non-hydrogen) atoms. The van der Waals surface area contributed by atoms with Crippen LogP contribution in [0.25, 0.3) is 0 Å². The van der Waals surface area contributed by atoms with Gasteiger partial charge in [0.2, 0.25) is 0 Å². The van der Waals surface area contributed by atoms with E-state index in [9.17, 15) is 0 Å². The van der Waals surface area contributed by atoms with Crippen LogP contribution >= 0.6 is 15.9 Å². The number of benzene rings is 1. The number of hydrogen-bond acceptors (Lipinski definition) is 0. The average molecular weight is 806 g/mol. The molecule has 0 aliphatic heterocycles. The van der Waals surface area contributed by atoms with E-state index in [0.29, 0.717) is 33.2 Å². The first-order chi connectivity index (χ1) is 23.8. The average Bonchev–Trinajstić information content (AvgIpc) is 3.01. The summed E-state index contributed by atoms with van der Waals surface area (Å²) < 4.78 is 0. The van der Waals surface area contributed by atoms with Gasteiger partial charge < -0.3 is 0 Å². The summed E-state index contributed by atoms with van der Waals surface area (Å²) in [6.07, 6.45) is 11.6. The third-order valence-corrected chi connectivity index (χ3v) is 25.2. The van der Waals surface area contributed by atoms with E-state index < -0.39 is 24.2 Å². The molecule has 0 amide bonds. The van der Waals surface area contributed by atoms with E-state index in [1.807, 2.05) is 0 Å². The molecule has 0 nitrogen and oxygen atoms in total. The summed E-state index contributed by atoms with van der Waals surface area (Å²) in [5.74, 6) is 15.6. The highest BCUT2D eigenvalue weighted by Crippen LogP contribution is 2.43. The van der Waals surface area contributed by atoms with Crippen molar-refractivity contribution in [2.24, 2.45) is 0 Å². The highest BCUT2D eigenvalue weighted by Gasteiger charge is 2.43. The molecule has 0 fully saturated rings. The molecule has 0 saturated carbocycles. The lowest BCUT2D eigenvalue weighted by Gasteiger charge is -2.38. The minimum atomic E-state index is -2.01.